The number of fused-ring (bicyclic) bond motifs is 1. The molecule has 1 aliphatic rings. The summed E-state index contributed by atoms with van der Waals surface area (Å²) in [6, 6.07) is 13.8. The van der Waals surface area contributed by atoms with Gasteiger partial charge >= 0.3 is 0 Å². The highest BCUT2D eigenvalue weighted by Gasteiger charge is 2.14. The number of hydrogen-bond donors (Lipinski definition) is 0. The van der Waals surface area contributed by atoms with E-state index in [2.05, 4.69) is 4.90 Å². The van der Waals surface area contributed by atoms with Crippen LogP contribution in [0, 0.1) is 5.82 Å². The number of para-hydroxylation sites is 2. The fourth-order valence-electron chi connectivity index (χ4n) is 3.58. The Morgan fingerprint density at radius 2 is 1.84 bits per heavy atom. The quantitative estimate of drug-likeness (QED) is 0.287. The lowest BCUT2D eigenvalue weighted by molar-refractivity contribution is 0.0368. The van der Waals surface area contributed by atoms with Gasteiger partial charge in [0.25, 0.3) is 5.56 Å². The molecule has 2 aromatic carbocycles. The van der Waals surface area contributed by atoms with Crippen molar-refractivity contribution in [3.63, 3.8) is 0 Å². The van der Waals surface area contributed by atoms with Gasteiger partial charge in [0.15, 0.2) is 16.7 Å². The summed E-state index contributed by atoms with van der Waals surface area (Å²) in [5, 5.41) is 1.30. The number of ether oxygens (including phenoxy) is 2. The van der Waals surface area contributed by atoms with Crippen LogP contribution in [0.4, 0.5) is 4.39 Å². The van der Waals surface area contributed by atoms with E-state index in [1.54, 1.807) is 22.8 Å². The molecular weight excluding hydrogens is 417 g/mol. The van der Waals surface area contributed by atoms with Crippen LogP contribution in [0.3, 0.4) is 0 Å². The van der Waals surface area contributed by atoms with Crippen LogP contribution in [-0.2, 0) is 11.3 Å². The monoisotopic (exact) mass is 443 g/mol. The van der Waals surface area contributed by atoms with E-state index >= 15 is 0 Å². The maximum absolute atomic E-state index is 13.7. The Labute approximate surface area is 185 Å². The van der Waals surface area contributed by atoms with Gasteiger partial charge in [0, 0.05) is 31.9 Å². The number of morpholine rings is 1. The molecule has 0 spiro atoms. The molecule has 6 nitrogen and oxygen atoms in total. The van der Waals surface area contributed by atoms with E-state index in [4.69, 9.17) is 14.5 Å². The number of thioether (sulfide) groups is 1. The SMILES string of the molecule is O=c1c2ccccc2nc(SCCOc2ccccc2F)n1CCCN1CCOCC1. The molecule has 0 unspecified atom stereocenters. The van der Waals surface area contributed by atoms with Gasteiger partial charge in [-0.25, -0.2) is 9.37 Å². The topological polar surface area (TPSA) is 56.6 Å². The van der Waals surface area contributed by atoms with E-state index in [1.165, 1.54) is 17.8 Å². The first-order valence-electron chi connectivity index (χ1n) is 10.5. The Kier molecular flexibility index (Phi) is 7.56. The first-order chi connectivity index (χ1) is 15.2. The minimum absolute atomic E-state index is 0.0231. The van der Waals surface area contributed by atoms with Crippen LogP contribution in [0.25, 0.3) is 10.9 Å². The Hall–Kier alpha value is -2.42. The summed E-state index contributed by atoms with van der Waals surface area (Å²) in [7, 11) is 0. The van der Waals surface area contributed by atoms with Crippen LogP contribution in [0.15, 0.2) is 58.5 Å². The van der Waals surface area contributed by atoms with Gasteiger partial charge in [0.2, 0.25) is 0 Å². The summed E-state index contributed by atoms with van der Waals surface area (Å²) < 4.78 is 26.4. The molecule has 8 heteroatoms. The second-order valence-electron chi connectivity index (χ2n) is 7.30. The molecule has 0 saturated carbocycles. The summed E-state index contributed by atoms with van der Waals surface area (Å²) in [5.74, 6) is 0.414. The highest BCUT2D eigenvalue weighted by atomic mass is 32.2. The second kappa shape index (κ2) is 10.7. The molecule has 1 aliphatic heterocycles. The average molecular weight is 444 g/mol. The van der Waals surface area contributed by atoms with Gasteiger partial charge in [0.05, 0.1) is 30.7 Å². The summed E-state index contributed by atoms with van der Waals surface area (Å²) in [4.78, 5) is 20.2. The van der Waals surface area contributed by atoms with Gasteiger partial charge in [-0.05, 0) is 30.7 Å². The van der Waals surface area contributed by atoms with Crippen molar-refractivity contribution in [1.29, 1.82) is 0 Å². The summed E-state index contributed by atoms with van der Waals surface area (Å²) in [6.07, 6.45) is 0.860. The Bertz CT molecular complexity index is 1070. The number of hydrogen-bond acceptors (Lipinski definition) is 6. The Morgan fingerprint density at radius 1 is 1.06 bits per heavy atom. The van der Waals surface area contributed by atoms with Gasteiger partial charge < -0.3 is 9.47 Å². The number of halogens is 1. The third kappa shape index (κ3) is 5.64. The van der Waals surface area contributed by atoms with Crippen molar-refractivity contribution in [2.45, 2.75) is 18.1 Å². The minimum atomic E-state index is -0.378. The van der Waals surface area contributed by atoms with Crippen LogP contribution in [-0.4, -0.2) is 59.7 Å². The highest BCUT2D eigenvalue weighted by molar-refractivity contribution is 7.99. The van der Waals surface area contributed by atoms with Gasteiger partial charge in [-0.1, -0.05) is 36.0 Å². The lowest BCUT2D eigenvalue weighted by atomic mass is 10.2. The smallest absolute Gasteiger partial charge is 0.262 e. The molecule has 164 valence electrons. The zero-order chi connectivity index (χ0) is 21.5. The lowest BCUT2D eigenvalue weighted by Gasteiger charge is -2.26. The normalized spacial score (nSPS) is 14.7. The van der Waals surface area contributed by atoms with Crippen molar-refractivity contribution < 1.29 is 13.9 Å². The Morgan fingerprint density at radius 3 is 2.68 bits per heavy atom. The zero-order valence-corrected chi connectivity index (χ0v) is 18.2. The molecule has 4 rings (SSSR count). The first-order valence-corrected chi connectivity index (χ1v) is 11.5. The van der Waals surface area contributed by atoms with Crippen LogP contribution in [0.5, 0.6) is 5.75 Å². The van der Waals surface area contributed by atoms with Crippen molar-refractivity contribution in [2.24, 2.45) is 0 Å². The van der Waals surface area contributed by atoms with Crippen molar-refractivity contribution in [3.05, 3.63) is 64.7 Å². The van der Waals surface area contributed by atoms with Gasteiger partial charge in [-0.2, -0.15) is 0 Å². The Balaban J connectivity index is 1.44. The third-order valence-corrected chi connectivity index (χ3v) is 6.14. The molecule has 1 aromatic heterocycles. The average Bonchev–Trinajstić information content (AvgIpc) is 2.80. The van der Waals surface area contributed by atoms with E-state index < -0.39 is 0 Å². The maximum Gasteiger partial charge on any atom is 0.262 e. The number of rotatable bonds is 9. The van der Waals surface area contributed by atoms with Crippen LogP contribution >= 0.6 is 11.8 Å². The fraction of sp³-hybridized carbons (Fsp3) is 0.391. The van der Waals surface area contributed by atoms with E-state index in [-0.39, 0.29) is 17.1 Å². The maximum atomic E-state index is 13.7. The third-order valence-electron chi connectivity index (χ3n) is 5.20. The number of aromatic nitrogens is 2. The molecule has 1 fully saturated rings. The summed E-state index contributed by atoms with van der Waals surface area (Å²) in [5.41, 5.74) is 0.666. The molecular formula is C23H26FN3O3S. The number of benzene rings is 2. The summed E-state index contributed by atoms with van der Waals surface area (Å²) in [6.45, 7) is 5.23. The first kappa shape index (κ1) is 21.8. The molecule has 1 saturated heterocycles. The summed E-state index contributed by atoms with van der Waals surface area (Å²) >= 11 is 1.46. The molecule has 2 heterocycles. The highest BCUT2D eigenvalue weighted by Crippen LogP contribution is 2.20. The molecule has 0 radical (unpaired) electrons. The molecule has 0 atom stereocenters. The predicted octanol–water partition coefficient (Wildman–Crippen LogP) is 3.43. The zero-order valence-electron chi connectivity index (χ0n) is 17.3. The molecule has 0 amide bonds. The second-order valence-corrected chi connectivity index (χ2v) is 8.37. The number of nitrogens with zero attached hydrogens (tertiary/aromatic N) is 3. The lowest BCUT2D eigenvalue weighted by Crippen LogP contribution is -2.37. The fourth-order valence-corrected chi connectivity index (χ4v) is 4.42. The standard InChI is InChI=1S/C23H26FN3O3S/c24-19-7-2-4-9-21(19)30-16-17-31-23-25-20-8-3-1-6-18(20)22(28)27(23)11-5-10-26-12-14-29-15-13-26/h1-4,6-9H,5,10-17H2. The van der Waals surface area contributed by atoms with E-state index in [1.807, 2.05) is 24.3 Å². The van der Waals surface area contributed by atoms with E-state index in [0.717, 1.165) is 39.3 Å². The van der Waals surface area contributed by atoms with Crippen LogP contribution < -0.4 is 10.3 Å². The van der Waals surface area contributed by atoms with Crippen molar-refractivity contribution in [1.82, 2.24) is 14.5 Å². The van der Waals surface area contributed by atoms with Crippen molar-refractivity contribution >= 4 is 22.7 Å². The molecule has 0 N–H and O–H groups in total. The predicted molar refractivity (Wildman–Crippen MR) is 120 cm³/mol. The molecule has 31 heavy (non-hydrogen) atoms. The van der Waals surface area contributed by atoms with Gasteiger partial charge in [-0.3, -0.25) is 14.3 Å². The van der Waals surface area contributed by atoms with E-state index in [9.17, 15) is 9.18 Å². The van der Waals surface area contributed by atoms with Crippen LogP contribution in [0.2, 0.25) is 0 Å². The largest absolute Gasteiger partial charge is 0.490 e. The molecule has 0 aliphatic carbocycles. The van der Waals surface area contributed by atoms with Crippen LogP contribution in [0.1, 0.15) is 6.42 Å². The van der Waals surface area contributed by atoms with Gasteiger partial charge in [0.1, 0.15) is 0 Å². The van der Waals surface area contributed by atoms with Crippen molar-refractivity contribution in [2.75, 3.05) is 45.2 Å². The van der Waals surface area contributed by atoms with Crippen molar-refractivity contribution in [3.8, 4) is 5.75 Å². The molecule has 0 bridgehead atoms. The van der Waals surface area contributed by atoms with E-state index in [0.29, 0.717) is 35.0 Å². The minimum Gasteiger partial charge on any atom is -0.490 e. The molecule has 3 aromatic rings. The van der Waals surface area contributed by atoms with Gasteiger partial charge in [-0.15, -0.1) is 0 Å².